The van der Waals surface area contributed by atoms with Crippen molar-refractivity contribution in [2.45, 2.75) is 40.3 Å². The number of hydrogen-bond donors (Lipinski definition) is 0. The number of aryl methyl sites for hydroxylation is 2. The number of carbonyl (C=O) groups is 1. The lowest BCUT2D eigenvalue weighted by Gasteiger charge is -2.19. The number of hydrogen-bond acceptors (Lipinski definition) is 5. The molecule has 30 heavy (non-hydrogen) atoms. The zero-order valence-electron chi connectivity index (χ0n) is 17.5. The van der Waals surface area contributed by atoms with Crippen LogP contribution < -0.4 is 9.64 Å². The zero-order chi connectivity index (χ0) is 21.3. The van der Waals surface area contributed by atoms with Gasteiger partial charge in [0.05, 0.1) is 29.1 Å². The first-order valence-corrected chi connectivity index (χ1v) is 10.7. The fourth-order valence-corrected chi connectivity index (χ4v) is 4.24. The van der Waals surface area contributed by atoms with Crippen LogP contribution in [0.15, 0.2) is 59.2 Å². The number of anilines is 1. The highest BCUT2D eigenvalue weighted by Gasteiger charge is 2.23. The lowest BCUT2D eigenvalue weighted by Crippen LogP contribution is -2.30. The van der Waals surface area contributed by atoms with Gasteiger partial charge >= 0.3 is 0 Å². The van der Waals surface area contributed by atoms with Gasteiger partial charge in [0.2, 0.25) is 0 Å². The van der Waals surface area contributed by atoms with Gasteiger partial charge in [0.25, 0.3) is 5.91 Å². The van der Waals surface area contributed by atoms with E-state index < -0.39 is 0 Å². The van der Waals surface area contributed by atoms with Crippen molar-refractivity contribution < 1.29 is 13.9 Å². The van der Waals surface area contributed by atoms with E-state index in [1.54, 1.807) is 23.3 Å². The fraction of sp³-hybridized carbons (Fsp3) is 0.250. The predicted octanol–water partition coefficient (Wildman–Crippen LogP) is 6.14. The van der Waals surface area contributed by atoms with Gasteiger partial charge in [-0.1, -0.05) is 17.4 Å². The van der Waals surface area contributed by atoms with Gasteiger partial charge in [0.1, 0.15) is 11.5 Å². The molecule has 0 aliphatic rings. The van der Waals surface area contributed by atoms with Crippen molar-refractivity contribution in [2.75, 3.05) is 4.90 Å². The normalized spacial score (nSPS) is 11.2. The molecule has 0 fully saturated rings. The number of furan rings is 1. The first-order chi connectivity index (χ1) is 14.4. The second-order valence-corrected chi connectivity index (χ2v) is 8.52. The maximum Gasteiger partial charge on any atom is 0.260 e. The third kappa shape index (κ3) is 4.09. The molecule has 6 heteroatoms. The van der Waals surface area contributed by atoms with E-state index in [9.17, 15) is 4.79 Å². The molecule has 4 rings (SSSR count). The molecule has 1 amide bonds. The molecule has 2 heterocycles. The van der Waals surface area contributed by atoms with Gasteiger partial charge in [0.15, 0.2) is 5.13 Å². The summed E-state index contributed by atoms with van der Waals surface area (Å²) >= 11 is 1.51. The number of aromatic nitrogens is 1. The summed E-state index contributed by atoms with van der Waals surface area (Å²) < 4.78 is 12.3. The fourth-order valence-electron chi connectivity index (χ4n) is 3.22. The molecule has 2 aromatic heterocycles. The maximum absolute atomic E-state index is 13.4. The standard InChI is InChI=1S/C24H24N2O3S/c1-15(2)29-19-10-8-18(9-11-19)23(27)26(14-20-6-5-13-28-20)24-25-22-17(4)16(3)7-12-21(22)30-24/h5-13,15H,14H2,1-4H3. The van der Waals surface area contributed by atoms with Gasteiger partial charge < -0.3 is 9.15 Å². The minimum Gasteiger partial charge on any atom is -0.491 e. The Labute approximate surface area is 179 Å². The molecular weight excluding hydrogens is 396 g/mol. The zero-order valence-corrected chi connectivity index (χ0v) is 18.3. The second kappa shape index (κ2) is 8.32. The highest BCUT2D eigenvalue weighted by atomic mass is 32.1. The monoisotopic (exact) mass is 420 g/mol. The van der Waals surface area contributed by atoms with Gasteiger partial charge in [-0.2, -0.15) is 0 Å². The average molecular weight is 421 g/mol. The summed E-state index contributed by atoms with van der Waals surface area (Å²) in [5.41, 5.74) is 3.83. The summed E-state index contributed by atoms with van der Waals surface area (Å²) in [4.78, 5) is 19.9. The molecule has 4 aromatic rings. The molecular formula is C24H24N2O3S. The number of benzene rings is 2. The van der Waals surface area contributed by atoms with Crippen LogP contribution in [0.5, 0.6) is 5.75 Å². The third-order valence-electron chi connectivity index (χ3n) is 4.92. The van der Waals surface area contributed by atoms with Crippen LogP contribution in [0.4, 0.5) is 5.13 Å². The highest BCUT2D eigenvalue weighted by Crippen LogP contribution is 2.33. The Kier molecular flexibility index (Phi) is 5.59. The van der Waals surface area contributed by atoms with E-state index in [2.05, 4.69) is 26.0 Å². The number of rotatable bonds is 6. The van der Waals surface area contributed by atoms with E-state index in [-0.39, 0.29) is 12.0 Å². The van der Waals surface area contributed by atoms with E-state index in [0.29, 0.717) is 23.0 Å². The lowest BCUT2D eigenvalue weighted by molar-refractivity contribution is 0.0983. The summed E-state index contributed by atoms with van der Waals surface area (Å²) in [6.07, 6.45) is 1.69. The summed E-state index contributed by atoms with van der Waals surface area (Å²) in [5, 5.41) is 0.655. The number of fused-ring (bicyclic) bond motifs is 1. The van der Waals surface area contributed by atoms with Crippen molar-refractivity contribution in [1.82, 2.24) is 4.98 Å². The number of amides is 1. The van der Waals surface area contributed by atoms with Crippen molar-refractivity contribution in [3.63, 3.8) is 0 Å². The van der Waals surface area contributed by atoms with Crippen molar-refractivity contribution in [1.29, 1.82) is 0 Å². The van der Waals surface area contributed by atoms with E-state index in [1.807, 2.05) is 38.1 Å². The van der Waals surface area contributed by atoms with Gasteiger partial charge in [0, 0.05) is 5.56 Å². The molecule has 0 atom stereocenters. The molecule has 0 saturated carbocycles. The van der Waals surface area contributed by atoms with Crippen molar-refractivity contribution in [3.8, 4) is 5.75 Å². The van der Waals surface area contributed by atoms with Crippen LogP contribution in [-0.2, 0) is 6.54 Å². The SMILES string of the molecule is Cc1ccc2sc(N(Cc3ccco3)C(=O)c3ccc(OC(C)C)cc3)nc2c1C. The van der Waals surface area contributed by atoms with Crippen LogP contribution in [0.1, 0.15) is 41.1 Å². The molecule has 2 aromatic carbocycles. The van der Waals surface area contributed by atoms with Crippen LogP contribution in [0, 0.1) is 13.8 Å². The number of ether oxygens (including phenoxy) is 1. The van der Waals surface area contributed by atoms with Crippen LogP contribution in [0.2, 0.25) is 0 Å². The Morgan fingerprint density at radius 3 is 2.57 bits per heavy atom. The smallest absolute Gasteiger partial charge is 0.260 e. The largest absolute Gasteiger partial charge is 0.491 e. The van der Waals surface area contributed by atoms with E-state index in [0.717, 1.165) is 21.5 Å². The predicted molar refractivity (Wildman–Crippen MR) is 121 cm³/mol. The first-order valence-electron chi connectivity index (χ1n) is 9.90. The number of carbonyl (C=O) groups excluding carboxylic acids is 1. The van der Waals surface area contributed by atoms with Crippen LogP contribution >= 0.6 is 11.3 Å². The minimum atomic E-state index is -0.129. The van der Waals surface area contributed by atoms with E-state index >= 15 is 0 Å². The average Bonchev–Trinajstić information content (AvgIpc) is 3.38. The molecule has 0 saturated heterocycles. The molecule has 5 nitrogen and oxygen atoms in total. The molecule has 0 aliphatic heterocycles. The van der Waals surface area contributed by atoms with Gasteiger partial charge in [-0.25, -0.2) is 4.98 Å². The summed E-state index contributed by atoms with van der Waals surface area (Å²) in [7, 11) is 0. The van der Waals surface area contributed by atoms with Crippen LogP contribution in [0.3, 0.4) is 0 Å². The van der Waals surface area contributed by atoms with Crippen molar-refractivity contribution in [2.24, 2.45) is 0 Å². The summed E-state index contributed by atoms with van der Waals surface area (Å²) in [6.45, 7) is 8.39. The van der Waals surface area contributed by atoms with E-state index in [4.69, 9.17) is 14.1 Å². The molecule has 0 aliphatic carbocycles. The molecule has 0 unspecified atom stereocenters. The molecule has 0 bridgehead atoms. The van der Waals surface area contributed by atoms with Crippen LogP contribution in [0.25, 0.3) is 10.2 Å². The molecule has 0 spiro atoms. The number of thiazole rings is 1. The maximum atomic E-state index is 13.4. The topological polar surface area (TPSA) is 55.6 Å². The minimum absolute atomic E-state index is 0.0800. The Hall–Kier alpha value is -3.12. The lowest BCUT2D eigenvalue weighted by atomic mass is 10.1. The van der Waals surface area contributed by atoms with Gasteiger partial charge in [-0.05, 0) is 81.3 Å². The van der Waals surface area contributed by atoms with Crippen molar-refractivity contribution in [3.05, 3.63) is 77.2 Å². The first kappa shape index (κ1) is 20.2. The van der Waals surface area contributed by atoms with E-state index in [1.165, 1.54) is 16.9 Å². The quantitative estimate of drug-likeness (QED) is 0.376. The van der Waals surface area contributed by atoms with Gasteiger partial charge in [-0.15, -0.1) is 0 Å². The highest BCUT2D eigenvalue weighted by molar-refractivity contribution is 7.22. The molecule has 0 N–H and O–H groups in total. The molecule has 0 radical (unpaired) electrons. The van der Waals surface area contributed by atoms with Gasteiger partial charge in [-0.3, -0.25) is 9.69 Å². The summed E-state index contributed by atoms with van der Waals surface area (Å²) in [6, 6.07) is 15.1. The van der Waals surface area contributed by atoms with Crippen molar-refractivity contribution >= 4 is 32.6 Å². The Bertz CT molecular complexity index is 1160. The Morgan fingerprint density at radius 2 is 1.90 bits per heavy atom. The molecule has 154 valence electrons. The Balaban J connectivity index is 1.71. The number of nitrogens with zero attached hydrogens (tertiary/aromatic N) is 2. The van der Waals surface area contributed by atoms with Crippen LogP contribution in [-0.4, -0.2) is 17.0 Å². The summed E-state index contributed by atoms with van der Waals surface area (Å²) in [5.74, 6) is 1.32. The second-order valence-electron chi connectivity index (χ2n) is 7.51. The third-order valence-corrected chi connectivity index (χ3v) is 5.96. The Morgan fingerprint density at radius 1 is 1.13 bits per heavy atom.